The fourth-order valence-electron chi connectivity index (χ4n) is 9.69. The standard InChI is InChI=1S/C69H128NO8P/c1-6-8-10-12-14-16-18-20-22-24-26-28-30-32-34-35-36-38-40-42-44-46-48-50-52-54-56-58-60-62-69(72)78-67(66-77-79(73,74)76-64-63-70(3,4)5)65-75-68(71)61-59-57-55-53-51-49-47-45-43-41-39-37-33-31-29-27-25-23-21-19-17-15-13-11-9-7-2/h8,10,14,16,20,22,26,28,32,34,67H,6-7,9,11-13,15,17-19,21,23-25,27,29-31,33,35-66H2,1-5H3/p+1/b10-8-,16-14-,22-20-,28-26-,34-32-. The topological polar surface area (TPSA) is 108 Å². The number of ether oxygens (including phenoxy) is 2. The molecular weight excluding hydrogens is 1000 g/mol. The van der Waals surface area contributed by atoms with E-state index in [1.165, 1.54) is 212 Å². The number of hydrogen-bond acceptors (Lipinski definition) is 7. The third kappa shape index (κ3) is 64.7. The van der Waals surface area contributed by atoms with Gasteiger partial charge in [-0.2, -0.15) is 0 Å². The van der Waals surface area contributed by atoms with Gasteiger partial charge < -0.3 is 18.9 Å². The Balaban J connectivity index is 4.05. The normalized spacial score (nSPS) is 13.5. The van der Waals surface area contributed by atoms with Crippen LogP contribution in [0, 0.1) is 0 Å². The van der Waals surface area contributed by atoms with E-state index in [2.05, 4.69) is 74.6 Å². The zero-order valence-electron chi connectivity index (χ0n) is 52.6. The Labute approximate surface area is 489 Å². The number of allylic oxidation sites excluding steroid dienone is 10. The van der Waals surface area contributed by atoms with E-state index in [1.54, 1.807) is 0 Å². The van der Waals surface area contributed by atoms with Gasteiger partial charge in [-0.15, -0.1) is 0 Å². The van der Waals surface area contributed by atoms with E-state index in [-0.39, 0.29) is 25.6 Å². The average Bonchev–Trinajstić information content (AvgIpc) is 3.41. The molecule has 0 bridgehead atoms. The molecule has 0 aliphatic carbocycles. The van der Waals surface area contributed by atoms with Crippen LogP contribution >= 0.6 is 7.82 Å². The quantitative estimate of drug-likeness (QED) is 0.0211. The summed E-state index contributed by atoms with van der Waals surface area (Å²) < 4.78 is 34.7. The van der Waals surface area contributed by atoms with Gasteiger partial charge in [0.15, 0.2) is 6.10 Å². The van der Waals surface area contributed by atoms with Crippen molar-refractivity contribution in [1.82, 2.24) is 0 Å². The minimum atomic E-state index is -4.39. The third-order valence-electron chi connectivity index (χ3n) is 14.8. The summed E-state index contributed by atoms with van der Waals surface area (Å²) in [6.45, 7) is 4.37. The Hall–Kier alpha value is -2.29. The molecule has 9 nitrogen and oxygen atoms in total. The smallest absolute Gasteiger partial charge is 0.462 e. The molecule has 0 amide bonds. The molecule has 0 aliphatic heterocycles. The molecule has 0 fully saturated rings. The molecule has 10 heteroatoms. The number of nitrogens with zero attached hydrogens (tertiary/aromatic N) is 1. The Morgan fingerprint density at radius 2 is 0.722 bits per heavy atom. The second-order valence-corrected chi connectivity index (χ2v) is 25.3. The number of hydrogen-bond donors (Lipinski definition) is 1. The molecule has 0 aliphatic rings. The molecule has 2 atom stereocenters. The maximum atomic E-state index is 12.9. The number of rotatable bonds is 62. The van der Waals surface area contributed by atoms with E-state index in [0.29, 0.717) is 23.9 Å². The predicted molar refractivity (Wildman–Crippen MR) is 340 cm³/mol. The van der Waals surface area contributed by atoms with Crippen molar-refractivity contribution in [3.63, 3.8) is 0 Å². The van der Waals surface area contributed by atoms with Crippen LogP contribution in [0.5, 0.6) is 0 Å². The van der Waals surface area contributed by atoms with Crippen LogP contribution in [0.4, 0.5) is 0 Å². The summed E-state index contributed by atoms with van der Waals surface area (Å²) in [5.41, 5.74) is 0. The van der Waals surface area contributed by atoms with Crippen molar-refractivity contribution >= 4 is 19.8 Å². The zero-order valence-corrected chi connectivity index (χ0v) is 53.5. The minimum absolute atomic E-state index is 0.0320. The Bertz CT molecular complexity index is 1520. The van der Waals surface area contributed by atoms with E-state index < -0.39 is 26.5 Å². The van der Waals surface area contributed by atoms with Gasteiger partial charge in [0.05, 0.1) is 27.7 Å². The van der Waals surface area contributed by atoms with Crippen molar-refractivity contribution < 1.29 is 42.1 Å². The van der Waals surface area contributed by atoms with Crippen LogP contribution < -0.4 is 0 Å². The second-order valence-electron chi connectivity index (χ2n) is 23.8. The highest BCUT2D eigenvalue weighted by Gasteiger charge is 2.27. The molecule has 462 valence electrons. The van der Waals surface area contributed by atoms with Gasteiger partial charge in [-0.05, 0) is 57.8 Å². The number of quaternary nitrogens is 1. The van der Waals surface area contributed by atoms with Crippen LogP contribution in [0.3, 0.4) is 0 Å². The van der Waals surface area contributed by atoms with Gasteiger partial charge in [0.1, 0.15) is 19.8 Å². The highest BCUT2D eigenvalue weighted by atomic mass is 31.2. The first-order valence-electron chi connectivity index (χ1n) is 33.5. The third-order valence-corrected chi connectivity index (χ3v) is 15.8. The van der Waals surface area contributed by atoms with Gasteiger partial charge in [-0.3, -0.25) is 18.6 Å². The monoisotopic (exact) mass is 1130 g/mol. The molecule has 1 N–H and O–H groups in total. The minimum Gasteiger partial charge on any atom is -0.462 e. The summed E-state index contributed by atoms with van der Waals surface area (Å²) in [5, 5.41) is 0. The van der Waals surface area contributed by atoms with E-state index >= 15 is 0 Å². The Kier molecular flexibility index (Phi) is 58.6. The van der Waals surface area contributed by atoms with Crippen LogP contribution in [-0.2, 0) is 32.7 Å². The summed E-state index contributed by atoms with van der Waals surface area (Å²) in [5.74, 6) is -0.784. The molecule has 0 aromatic rings. The first-order chi connectivity index (χ1) is 38.5. The van der Waals surface area contributed by atoms with Gasteiger partial charge in [-0.1, -0.05) is 306 Å². The Morgan fingerprint density at radius 1 is 0.405 bits per heavy atom. The van der Waals surface area contributed by atoms with E-state index in [0.717, 1.165) is 70.6 Å². The lowest BCUT2D eigenvalue weighted by Gasteiger charge is -2.24. The fraction of sp³-hybridized carbons (Fsp3) is 0.826. The number of unbranched alkanes of at least 4 members (excludes halogenated alkanes) is 38. The van der Waals surface area contributed by atoms with Crippen molar-refractivity contribution in [1.29, 1.82) is 0 Å². The molecule has 0 saturated heterocycles. The van der Waals surface area contributed by atoms with Crippen LogP contribution in [-0.4, -0.2) is 74.9 Å². The number of phosphoric ester groups is 1. The van der Waals surface area contributed by atoms with Crippen LogP contribution in [0.15, 0.2) is 60.8 Å². The maximum absolute atomic E-state index is 12.9. The van der Waals surface area contributed by atoms with E-state index in [4.69, 9.17) is 18.5 Å². The first kappa shape index (κ1) is 76.7. The summed E-state index contributed by atoms with van der Waals surface area (Å²) >= 11 is 0. The lowest BCUT2D eigenvalue weighted by atomic mass is 10.0. The van der Waals surface area contributed by atoms with Crippen LogP contribution in [0.1, 0.15) is 316 Å². The molecule has 0 heterocycles. The number of phosphoric acid groups is 1. The molecular formula is C69H129NO8P+. The van der Waals surface area contributed by atoms with Crippen molar-refractivity contribution in [2.75, 3.05) is 47.5 Å². The van der Waals surface area contributed by atoms with Crippen LogP contribution in [0.2, 0.25) is 0 Å². The van der Waals surface area contributed by atoms with Crippen molar-refractivity contribution in [3.05, 3.63) is 60.8 Å². The van der Waals surface area contributed by atoms with E-state index in [9.17, 15) is 19.0 Å². The summed E-state index contributed by atoms with van der Waals surface area (Å²) in [6.07, 6.45) is 78.9. The van der Waals surface area contributed by atoms with Crippen molar-refractivity contribution in [2.24, 2.45) is 0 Å². The number of likely N-dealkylation sites (N-methyl/N-ethyl adjacent to an activating group) is 1. The summed E-state index contributed by atoms with van der Waals surface area (Å²) in [4.78, 5) is 35.8. The highest BCUT2D eigenvalue weighted by molar-refractivity contribution is 7.47. The van der Waals surface area contributed by atoms with E-state index in [1.807, 2.05) is 21.1 Å². The number of esters is 2. The lowest BCUT2D eigenvalue weighted by molar-refractivity contribution is -0.870. The summed E-state index contributed by atoms with van der Waals surface area (Å²) in [6, 6.07) is 0. The lowest BCUT2D eigenvalue weighted by Crippen LogP contribution is -2.37. The van der Waals surface area contributed by atoms with Gasteiger partial charge in [0.25, 0.3) is 0 Å². The largest absolute Gasteiger partial charge is 0.472 e. The molecule has 2 unspecified atom stereocenters. The molecule has 0 aromatic carbocycles. The Morgan fingerprint density at radius 3 is 1.08 bits per heavy atom. The molecule has 79 heavy (non-hydrogen) atoms. The predicted octanol–water partition coefficient (Wildman–Crippen LogP) is 21.4. The molecule has 0 radical (unpaired) electrons. The molecule has 0 aromatic heterocycles. The molecule has 0 spiro atoms. The van der Waals surface area contributed by atoms with Gasteiger partial charge in [0.2, 0.25) is 0 Å². The van der Waals surface area contributed by atoms with Crippen molar-refractivity contribution in [2.45, 2.75) is 322 Å². The first-order valence-corrected chi connectivity index (χ1v) is 35.0. The van der Waals surface area contributed by atoms with Crippen molar-refractivity contribution in [3.8, 4) is 0 Å². The SMILES string of the molecule is CC/C=C\C/C=C\C/C=C\C/C=C\C/C=C\CCCCCCCCCCCCCCCC(=O)OC(COC(=O)CCCCCCCCCCCCCCCCCCCCCCCCCCCC)COP(=O)(O)OCC[N+](C)(C)C. The molecule has 0 saturated carbocycles. The van der Waals surface area contributed by atoms with Gasteiger partial charge >= 0.3 is 19.8 Å². The fourth-order valence-corrected chi connectivity index (χ4v) is 10.4. The zero-order chi connectivity index (χ0) is 57.7. The maximum Gasteiger partial charge on any atom is 0.472 e. The summed E-state index contributed by atoms with van der Waals surface area (Å²) in [7, 11) is 1.49. The number of carbonyl (C=O) groups excluding carboxylic acids is 2. The van der Waals surface area contributed by atoms with Gasteiger partial charge in [-0.25, -0.2) is 4.57 Å². The molecule has 0 rings (SSSR count). The average molecular weight is 1130 g/mol. The number of carbonyl (C=O) groups is 2. The second kappa shape index (κ2) is 60.3. The van der Waals surface area contributed by atoms with Gasteiger partial charge in [0, 0.05) is 12.8 Å². The highest BCUT2D eigenvalue weighted by Crippen LogP contribution is 2.43. The van der Waals surface area contributed by atoms with Crippen LogP contribution in [0.25, 0.3) is 0 Å².